The Hall–Kier alpha value is -4.13. The number of hydrogen-bond acceptors (Lipinski definition) is 4. The number of amides is 1. The van der Waals surface area contributed by atoms with Gasteiger partial charge in [-0.1, -0.05) is 36.4 Å². The number of ether oxygens (including phenoxy) is 1. The smallest absolute Gasteiger partial charge is 0.317 e. The molecule has 1 heterocycles. The van der Waals surface area contributed by atoms with Gasteiger partial charge in [-0.05, 0) is 47.5 Å². The molecule has 4 rings (SSSR count). The van der Waals surface area contributed by atoms with E-state index in [4.69, 9.17) is 4.74 Å². The van der Waals surface area contributed by atoms with Gasteiger partial charge in [-0.15, -0.1) is 0 Å². The van der Waals surface area contributed by atoms with Crippen LogP contribution in [0.5, 0.6) is 5.75 Å². The highest BCUT2D eigenvalue weighted by Crippen LogP contribution is 2.13. The van der Waals surface area contributed by atoms with E-state index in [9.17, 15) is 14.4 Å². The minimum Gasteiger partial charge on any atom is -0.497 e. The first-order chi connectivity index (χ1) is 15.5. The molecule has 0 aliphatic carbocycles. The first kappa shape index (κ1) is 21.1. The average Bonchev–Trinajstić information content (AvgIpc) is 2.84. The molecule has 1 aromatic heterocycles. The van der Waals surface area contributed by atoms with Gasteiger partial charge in [-0.3, -0.25) is 19.0 Å². The van der Waals surface area contributed by atoms with Gasteiger partial charge >= 0.3 is 11.1 Å². The molecule has 4 aromatic rings. The van der Waals surface area contributed by atoms with E-state index in [1.807, 2.05) is 48.5 Å². The van der Waals surface area contributed by atoms with Gasteiger partial charge in [0.1, 0.15) is 5.75 Å². The number of aromatic nitrogens is 2. The van der Waals surface area contributed by atoms with Crippen molar-refractivity contribution in [3.63, 3.8) is 0 Å². The number of para-hydroxylation sites is 2. The van der Waals surface area contributed by atoms with Gasteiger partial charge in [0, 0.05) is 19.2 Å². The molecule has 7 heteroatoms. The number of nitrogens with one attached hydrogen (secondary N) is 1. The number of carbonyl (C=O) groups is 1. The summed E-state index contributed by atoms with van der Waals surface area (Å²) in [6.45, 7) is 0.641. The summed E-state index contributed by atoms with van der Waals surface area (Å²) in [5.74, 6) is 0.572. The Morgan fingerprint density at radius 2 is 1.47 bits per heavy atom. The molecular weight excluding hydrogens is 406 g/mol. The zero-order valence-corrected chi connectivity index (χ0v) is 17.9. The molecule has 162 valence electrons. The molecule has 0 atom stereocenters. The lowest BCUT2D eigenvalue weighted by Crippen LogP contribution is -2.40. The van der Waals surface area contributed by atoms with Gasteiger partial charge in [0.2, 0.25) is 0 Å². The quantitative estimate of drug-likeness (QED) is 0.478. The van der Waals surface area contributed by atoms with E-state index in [-0.39, 0.29) is 12.5 Å². The summed E-state index contributed by atoms with van der Waals surface area (Å²) in [5, 5.41) is 2.89. The van der Waals surface area contributed by atoms with Gasteiger partial charge in [-0.25, -0.2) is 0 Å². The second kappa shape index (κ2) is 8.93. The summed E-state index contributed by atoms with van der Waals surface area (Å²) in [6.07, 6.45) is 0. The van der Waals surface area contributed by atoms with Gasteiger partial charge in [0.15, 0.2) is 0 Å². The van der Waals surface area contributed by atoms with Crippen LogP contribution in [0.4, 0.5) is 0 Å². The minimum absolute atomic E-state index is 0.191. The Morgan fingerprint density at radius 3 is 2.12 bits per heavy atom. The molecule has 0 fully saturated rings. The second-order valence-corrected chi connectivity index (χ2v) is 7.47. The lowest BCUT2D eigenvalue weighted by Gasteiger charge is -2.13. The molecule has 32 heavy (non-hydrogen) atoms. The number of carbonyl (C=O) groups excluding carboxylic acids is 1. The fourth-order valence-electron chi connectivity index (χ4n) is 3.58. The van der Waals surface area contributed by atoms with Crippen molar-refractivity contribution in [1.29, 1.82) is 0 Å². The van der Waals surface area contributed by atoms with E-state index >= 15 is 0 Å². The summed E-state index contributed by atoms with van der Waals surface area (Å²) in [7, 11) is 3.20. The third-order valence-corrected chi connectivity index (χ3v) is 5.44. The standard InChI is InChI=1S/C25H23N3O4/c1-27-21-5-3-4-6-22(21)28(25(31)24(27)30)16-18-7-11-19(12-8-18)23(29)26-15-17-9-13-20(32-2)14-10-17/h3-14H,15-16H2,1-2H3,(H,26,29). The molecule has 1 amide bonds. The lowest BCUT2D eigenvalue weighted by molar-refractivity contribution is 0.0951. The van der Waals surface area contributed by atoms with Crippen LogP contribution in [0.1, 0.15) is 21.5 Å². The normalized spacial score (nSPS) is 10.8. The molecule has 0 bridgehead atoms. The van der Waals surface area contributed by atoms with Crippen molar-refractivity contribution >= 4 is 16.9 Å². The second-order valence-electron chi connectivity index (χ2n) is 7.47. The molecule has 0 aliphatic rings. The zero-order chi connectivity index (χ0) is 22.7. The summed E-state index contributed by atoms with van der Waals surface area (Å²) in [5.41, 5.74) is 2.52. The van der Waals surface area contributed by atoms with Gasteiger partial charge in [-0.2, -0.15) is 0 Å². The van der Waals surface area contributed by atoms with Crippen molar-refractivity contribution in [3.8, 4) is 5.75 Å². The van der Waals surface area contributed by atoms with E-state index < -0.39 is 11.1 Å². The van der Waals surface area contributed by atoms with Crippen LogP contribution in [-0.2, 0) is 20.1 Å². The zero-order valence-electron chi connectivity index (χ0n) is 17.9. The number of benzene rings is 3. The summed E-state index contributed by atoms with van der Waals surface area (Å²) >= 11 is 0. The van der Waals surface area contributed by atoms with E-state index in [1.165, 1.54) is 9.13 Å². The van der Waals surface area contributed by atoms with Crippen molar-refractivity contribution in [2.45, 2.75) is 13.1 Å². The van der Waals surface area contributed by atoms with Crippen LogP contribution in [0, 0.1) is 0 Å². The van der Waals surface area contributed by atoms with Crippen LogP contribution in [-0.4, -0.2) is 22.2 Å². The summed E-state index contributed by atoms with van der Waals surface area (Å²) in [6, 6.07) is 21.8. The van der Waals surface area contributed by atoms with E-state index in [0.717, 1.165) is 16.9 Å². The average molecular weight is 429 g/mol. The minimum atomic E-state index is -0.576. The molecule has 1 N–H and O–H groups in total. The highest BCUT2D eigenvalue weighted by Gasteiger charge is 2.11. The maximum atomic E-state index is 12.6. The molecule has 0 spiro atoms. The van der Waals surface area contributed by atoms with Crippen LogP contribution in [0.3, 0.4) is 0 Å². The van der Waals surface area contributed by atoms with Crippen LogP contribution in [0.25, 0.3) is 11.0 Å². The number of aryl methyl sites for hydroxylation is 1. The SMILES string of the molecule is COc1ccc(CNC(=O)c2ccc(Cn3c(=O)c(=O)n(C)c4ccccc43)cc2)cc1. The molecule has 0 saturated heterocycles. The molecule has 3 aromatic carbocycles. The molecule has 0 saturated carbocycles. The van der Waals surface area contributed by atoms with E-state index in [0.29, 0.717) is 23.1 Å². The fraction of sp³-hybridized carbons (Fsp3) is 0.160. The Balaban J connectivity index is 1.50. The fourth-order valence-corrected chi connectivity index (χ4v) is 3.58. The van der Waals surface area contributed by atoms with Crippen molar-refractivity contribution in [2.75, 3.05) is 7.11 Å². The van der Waals surface area contributed by atoms with Crippen molar-refractivity contribution in [2.24, 2.45) is 7.05 Å². The topological polar surface area (TPSA) is 82.3 Å². The summed E-state index contributed by atoms with van der Waals surface area (Å²) < 4.78 is 7.97. The lowest BCUT2D eigenvalue weighted by atomic mass is 10.1. The van der Waals surface area contributed by atoms with Crippen molar-refractivity contribution in [1.82, 2.24) is 14.5 Å². The van der Waals surface area contributed by atoms with Gasteiger partial charge in [0.25, 0.3) is 5.91 Å². The maximum Gasteiger partial charge on any atom is 0.317 e. The van der Waals surface area contributed by atoms with Crippen LogP contribution >= 0.6 is 0 Å². The third kappa shape index (κ3) is 4.18. The Labute approximate surface area is 184 Å². The van der Waals surface area contributed by atoms with E-state index in [2.05, 4.69) is 5.32 Å². The number of fused-ring (bicyclic) bond motifs is 1. The monoisotopic (exact) mass is 429 g/mol. The Kier molecular flexibility index (Phi) is 5.89. The van der Waals surface area contributed by atoms with Crippen LogP contribution < -0.4 is 21.2 Å². The van der Waals surface area contributed by atoms with E-state index in [1.54, 1.807) is 38.4 Å². The molecule has 7 nitrogen and oxygen atoms in total. The number of methoxy groups -OCH3 is 1. The van der Waals surface area contributed by atoms with Gasteiger partial charge in [0.05, 0.1) is 24.7 Å². The number of rotatable bonds is 6. The largest absolute Gasteiger partial charge is 0.497 e. The Bertz CT molecular complexity index is 1380. The summed E-state index contributed by atoms with van der Waals surface area (Å²) in [4.78, 5) is 37.4. The highest BCUT2D eigenvalue weighted by atomic mass is 16.5. The molecule has 0 unspecified atom stereocenters. The predicted molar refractivity (Wildman–Crippen MR) is 123 cm³/mol. The predicted octanol–water partition coefficient (Wildman–Crippen LogP) is 2.69. The maximum absolute atomic E-state index is 12.6. The Morgan fingerprint density at radius 1 is 0.844 bits per heavy atom. The first-order valence-corrected chi connectivity index (χ1v) is 10.2. The molecular formula is C25H23N3O4. The van der Waals surface area contributed by atoms with Crippen LogP contribution in [0.2, 0.25) is 0 Å². The van der Waals surface area contributed by atoms with Crippen molar-refractivity contribution in [3.05, 3.63) is 110 Å². The molecule has 0 aliphatic heterocycles. The first-order valence-electron chi connectivity index (χ1n) is 10.2. The third-order valence-electron chi connectivity index (χ3n) is 5.44. The molecule has 0 radical (unpaired) electrons. The number of nitrogens with zero attached hydrogens (tertiary/aromatic N) is 2. The van der Waals surface area contributed by atoms with Crippen LogP contribution in [0.15, 0.2) is 82.4 Å². The number of hydrogen-bond donors (Lipinski definition) is 1. The highest BCUT2D eigenvalue weighted by molar-refractivity contribution is 5.94. The van der Waals surface area contributed by atoms with Crippen molar-refractivity contribution < 1.29 is 9.53 Å². The van der Waals surface area contributed by atoms with Gasteiger partial charge < -0.3 is 14.6 Å².